The predicted molar refractivity (Wildman–Crippen MR) is 145 cm³/mol. The summed E-state index contributed by atoms with van der Waals surface area (Å²) < 4.78 is 8.98. The minimum Gasteiger partial charge on any atom is -0.488 e. The quantitative estimate of drug-likeness (QED) is 0.397. The van der Waals surface area contributed by atoms with Gasteiger partial charge < -0.3 is 24.6 Å². The topological polar surface area (TPSA) is 136 Å². The molecule has 1 aliphatic heterocycles. The van der Waals surface area contributed by atoms with Crippen LogP contribution in [-0.4, -0.2) is 73.6 Å². The molecule has 0 saturated carbocycles. The number of aryl methyl sites for hydroxylation is 2. The fourth-order valence-corrected chi connectivity index (χ4v) is 4.93. The van der Waals surface area contributed by atoms with Gasteiger partial charge in [0.1, 0.15) is 17.8 Å². The van der Waals surface area contributed by atoms with Crippen LogP contribution in [0.3, 0.4) is 0 Å². The third-order valence-electron chi connectivity index (χ3n) is 6.92. The summed E-state index contributed by atoms with van der Waals surface area (Å²) >= 11 is 0. The maximum Gasteiger partial charge on any atom is 0.272 e. The minimum atomic E-state index is -0.538. The number of aromatic nitrogens is 3. The normalized spacial score (nSPS) is 14.2. The Balaban J connectivity index is 1.72. The Bertz CT molecular complexity index is 1430. The van der Waals surface area contributed by atoms with Gasteiger partial charge in [0.2, 0.25) is 5.91 Å². The van der Waals surface area contributed by atoms with Gasteiger partial charge in [-0.1, -0.05) is 37.3 Å². The number of nitrogens with zero attached hydrogens (tertiary/aromatic N) is 4. The van der Waals surface area contributed by atoms with Crippen LogP contribution < -0.4 is 15.6 Å². The molecule has 39 heavy (non-hydrogen) atoms. The molecule has 4 rings (SSSR count). The lowest BCUT2D eigenvalue weighted by molar-refractivity contribution is -0.135. The molecule has 11 nitrogen and oxygen atoms in total. The number of carbonyl (C=O) groups is 3. The Morgan fingerprint density at radius 2 is 1.82 bits per heavy atom. The predicted octanol–water partition coefficient (Wildman–Crippen LogP) is 1.68. The van der Waals surface area contributed by atoms with Crippen LogP contribution in [-0.2, 0) is 24.8 Å². The number of nitrogens with one attached hydrogen (secondary N) is 1. The second-order valence-corrected chi connectivity index (χ2v) is 9.95. The van der Waals surface area contributed by atoms with Gasteiger partial charge in [0.15, 0.2) is 22.9 Å². The molecule has 0 radical (unpaired) electrons. The van der Waals surface area contributed by atoms with E-state index in [4.69, 9.17) is 14.8 Å². The molecule has 0 spiro atoms. The second kappa shape index (κ2) is 11.8. The SMILES string of the molecule is CCc1nc2c(c(OC(C)C)c(C(=O)NC3CCN(C(=O)CO)CC3)n2C)c(=O)n1CC(=O)c1ccccc1. The van der Waals surface area contributed by atoms with E-state index in [2.05, 4.69) is 5.32 Å². The van der Waals surface area contributed by atoms with Crippen LogP contribution in [0.25, 0.3) is 11.0 Å². The number of benzene rings is 1. The number of rotatable bonds is 9. The number of carbonyl (C=O) groups excluding carboxylic acids is 3. The maximum absolute atomic E-state index is 13.9. The van der Waals surface area contributed by atoms with Gasteiger partial charge in [-0.3, -0.25) is 23.7 Å². The summed E-state index contributed by atoms with van der Waals surface area (Å²) in [7, 11) is 1.66. The average Bonchev–Trinajstić information content (AvgIpc) is 3.20. The molecule has 11 heteroatoms. The molecule has 1 aliphatic rings. The molecule has 3 aromatic rings. The fourth-order valence-electron chi connectivity index (χ4n) is 4.93. The standard InChI is InChI=1S/C28H35N5O6/c1-5-21-30-26-23(28(38)33(21)15-20(35)18-9-7-6-8-10-18)25(39-17(2)3)24(31(26)4)27(37)29-19-11-13-32(14-12-19)22(36)16-34/h6-10,17,19,34H,5,11-16H2,1-4H3,(H,29,37). The van der Waals surface area contributed by atoms with Gasteiger partial charge >= 0.3 is 0 Å². The van der Waals surface area contributed by atoms with Crippen LogP contribution in [0.4, 0.5) is 0 Å². The van der Waals surface area contributed by atoms with E-state index < -0.39 is 18.1 Å². The summed E-state index contributed by atoms with van der Waals surface area (Å²) in [5.41, 5.74) is 0.531. The van der Waals surface area contributed by atoms with Crippen LogP contribution in [0, 0.1) is 0 Å². The van der Waals surface area contributed by atoms with Crippen molar-refractivity contribution >= 4 is 28.6 Å². The molecule has 0 atom stereocenters. The molecule has 1 fully saturated rings. The minimum absolute atomic E-state index is 0.133. The number of aliphatic hydroxyl groups excluding tert-OH is 1. The lowest BCUT2D eigenvalue weighted by Gasteiger charge is -2.32. The number of hydrogen-bond acceptors (Lipinski definition) is 7. The van der Waals surface area contributed by atoms with Gasteiger partial charge in [-0.2, -0.15) is 0 Å². The van der Waals surface area contributed by atoms with Crippen molar-refractivity contribution < 1.29 is 24.2 Å². The monoisotopic (exact) mass is 537 g/mol. The van der Waals surface area contributed by atoms with E-state index in [0.717, 1.165) is 0 Å². The largest absolute Gasteiger partial charge is 0.488 e. The summed E-state index contributed by atoms with van der Waals surface area (Å²) in [4.78, 5) is 58.5. The Morgan fingerprint density at radius 3 is 2.41 bits per heavy atom. The number of piperidine rings is 1. The number of ether oxygens (including phenoxy) is 1. The molecule has 2 aromatic heterocycles. The third-order valence-corrected chi connectivity index (χ3v) is 6.92. The molecule has 1 aromatic carbocycles. The van der Waals surface area contributed by atoms with Gasteiger partial charge in [-0.25, -0.2) is 4.98 Å². The zero-order valence-electron chi connectivity index (χ0n) is 22.8. The summed E-state index contributed by atoms with van der Waals surface area (Å²) in [6, 6.07) is 8.56. The van der Waals surface area contributed by atoms with E-state index in [0.29, 0.717) is 49.4 Å². The van der Waals surface area contributed by atoms with Gasteiger partial charge in [0.25, 0.3) is 11.5 Å². The van der Waals surface area contributed by atoms with Crippen molar-refractivity contribution in [2.75, 3.05) is 19.7 Å². The lowest BCUT2D eigenvalue weighted by atomic mass is 10.0. The fraction of sp³-hybridized carbons (Fsp3) is 0.464. The van der Waals surface area contributed by atoms with Gasteiger partial charge in [-0.05, 0) is 26.7 Å². The average molecular weight is 538 g/mol. The van der Waals surface area contributed by atoms with Crippen LogP contribution in [0.5, 0.6) is 5.75 Å². The van der Waals surface area contributed by atoms with Crippen molar-refractivity contribution in [3.63, 3.8) is 0 Å². The van der Waals surface area contributed by atoms with Gasteiger partial charge in [0, 0.05) is 38.2 Å². The van der Waals surface area contributed by atoms with Crippen molar-refractivity contribution in [3.05, 3.63) is 57.8 Å². The molecule has 3 heterocycles. The molecule has 208 valence electrons. The number of aliphatic hydroxyl groups is 1. The maximum atomic E-state index is 13.9. The first-order valence-electron chi connectivity index (χ1n) is 13.2. The van der Waals surface area contributed by atoms with Gasteiger partial charge in [-0.15, -0.1) is 0 Å². The number of hydrogen-bond donors (Lipinski definition) is 2. The first-order valence-corrected chi connectivity index (χ1v) is 13.2. The number of amides is 2. The highest BCUT2D eigenvalue weighted by atomic mass is 16.5. The number of ketones is 1. The third kappa shape index (κ3) is 5.73. The first kappa shape index (κ1) is 28.0. The number of fused-ring (bicyclic) bond motifs is 1. The highest BCUT2D eigenvalue weighted by molar-refractivity contribution is 6.03. The molecular formula is C28H35N5O6. The van der Waals surface area contributed by atoms with Crippen LogP contribution >= 0.6 is 0 Å². The lowest BCUT2D eigenvalue weighted by Crippen LogP contribution is -2.47. The molecule has 0 bridgehead atoms. The van der Waals surface area contributed by atoms with Crippen molar-refractivity contribution in [1.29, 1.82) is 0 Å². The highest BCUT2D eigenvalue weighted by Gasteiger charge is 2.31. The Kier molecular flexibility index (Phi) is 8.49. The van der Waals surface area contributed by atoms with E-state index in [1.165, 1.54) is 4.57 Å². The number of Topliss-reactive ketones (excluding diaryl/α,β-unsaturated/α-hetero) is 1. The first-order chi connectivity index (χ1) is 18.7. The van der Waals surface area contributed by atoms with E-state index in [1.807, 2.05) is 13.0 Å². The Labute approximate surface area is 226 Å². The smallest absolute Gasteiger partial charge is 0.272 e. The van der Waals surface area contributed by atoms with Crippen LogP contribution in [0.2, 0.25) is 0 Å². The molecular weight excluding hydrogens is 502 g/mol. The van der Waals surface area contributed by atoms with Crippen molar-refractivity contribution in [3.8, 4) is 5.75 Å². The second-order valence-electron chi connectivity index (χ2n) is 9.95. The van der Waals surface area contributed by atoms with E-state index >= 15 is 0 Å². The van der Waals surface area contributed by atoms with Crippen molar-refractivity contribution in [2.24, 2.45) is 7.05 Å². The Hall–Kier alpha value is -3.99. The van der Waals surface area contributed by atoms with E-state index in [9.17, 15) is 19.2 Å². The highest BCUT2D eigenvalue weighted by Crippen LogP contribution is 2.31. The summed E-state index contributed by atoms with van der Waals surface area (Å²) in [6.45, 7) is 5.60. The van der Waals surface area contributed by atoms with Crippen LogP contribution in [0.15, 0.2) is 35.1 Å². The number of likely N-dealkylation sites (tertiary alicyclic amines) is 1. The van der Waals surface area contributed by atoms with Gasteiger partial charge in [0.05, 0.1) is 12.6 Å². The molecule has 2 N–H and O–H groups in total. The molecule has 0 aliphatic carbocycles. The van der Waals surface area contributed by atoms with Crippen molar-refractivity contribution in [2.45, 2.75) is 58.7 Å². The van der Waals surface area contributed by atoms with E-state index in [-0.39, 0.29) is 47.2 Å². The Morgan fingerprint density at radius 1 is 1.15 bits per heavy atom. The zero-order valence-corrected chi connectivity index (χ0v) is 22.8. The van der Waals surface area contributed by atoms with Crippen LogP contribution in [0.1, 0.15) is 60.3 Å². The summed E-state index contributed by atoms with van der Waals surface area (Å²) in [5.74, 6) is -0.404. The zero-order chi connectivity index (χ0) is 28.3. The summed E-state index contributed by atoms with van der Waals surface area (Å²) in [6.07, 6.45) is 1.15. The molecule has 2 amide bonds. The molecule has 1 saturated heterocycles. The van der Waals surface area contributed by atoms with Crippen molar-refractivity contribution in [1.82, 2.24) is 24.3 Å². The summed E-state index contributed by atoms with van der Waals surface area (Å²) in [5, 5.41) is 12.3. The molecule has 0 unspecified atom stereocenters. The van der Waals surface area contributed by atoms with E-state index in [1.54, 1.807) is 54.6 Å².